The van der Waals surface area contributed by atoms with E-state index in [1.165, 1.54) is 6.33 Å². The van der Waals surface area contributed by atoms with Crippen molar-refractivity contribution in [3.8, 4) is 11.6 Å². The normalized spacial score (nSPS) is 10.5. The van der Waals surface area contributed by atoms with Crippen LogP contribution < -0.4 is 0 Å². The van der Waals surface area contributed by atoms with Gasteiger partial charge in [0, 0.05) is 30.9 Å². The highest BCUT2D eigenvalue weighted by molar-refractivity contribution is 5.30. The van der Waals surface area contributed by atoms with Gasteiger partial charge in [-0.2, -0.15) is 10.2 Å². The van der Waals surface area contributed by atoms with Gasteiger partial charge < -0.3 is 0 Å². The smallest absolute Gasteiger partial charge is 0.158 e. The summed E-state index contributed by atoms with van der Waals surface area (Å²) in [5.41, 5.74) is 0. The fourth-order valence-electron chi connectivity index (χ4n) is 1.40. The Morgan fingerprint density at radius 2 is 1.38 bits per heavy atom. The van der Waals surface area contributed by atoms with Crippen LogP contribution in [0.25, 0.3) is 11.6 Å². The Morgan fingerprint density at radius 3 is 1.81 bits per heavy atom. The van der Waals surface area contributed by atoms with E-state index in [1.807, 2.05) is 30.6 Å². The minimum atomic E-state index is 0.713. The highest BCUT2D eigenvalue weighted by Crippen LogP contribution is 2.06. The summed E-state index contributed by atoms with van der Waals surface area (Å²) in [7, 11) is 0. The maximum atomic E-state index is 4.14. The van der Waals surface area contributed by atoms with Gasteiger partial charge in [0.15, 0.2) is 11.6 Å². The summed E-state index contributed by atoms with van der Waals surface area (Å²) in [6, 6.07) is 5.51. The Labute approximate surface area is 91.2 Å². The zero-order chi connectivity index (χ0) is 10.8. The van der Waals surface area contributed by atoms with E-state index in [1.54, 1.807) is 21.8 Å². The summed E-state index contributed by atoms with van der Waals surface area (Å²) >= 11 is 0. The van der Waals surface area contributed by atoms with E-state index in [2.05, 4.69) is 20.2 Å². The second-order valence-corrected chi connectivity index (χ2v) is 3.14. The molecule has 0 aliphatic rings. The molecular formula is C10H8N6. The van der Waals surface area contributed by atoms with Crippen molar-refractivity contribution >= 4 is 0 Å². The van der Waals surface area contributed by atoms with Crippen LogP contribution in [0.1, 0.15) is 0 Å². The first-order valence-electron chi connectivity index (χ1n) is 4.75. The van der Waals surface area contributed by atoms with Crippen molar-refractivity contribution in [3.05, 3.63) is 49.3 Å². The van der Waals surface area contributed by atoms with Gasteiger partial charge in [-0.15, -0.1) is 0 Å². The summed E-state index contributed by atoms with van der Waals surface area (Å²) in [6.45, 7) is 0. The molecule has 16 heavy (non-hydrogen) atoms. The molecular weight excluding hydrogens is 204 g/mol. The van der Waals surface area contributed by atoms with Crippen molar-refractivity contribution in [1.29, 1.82) is 0 Å². The van der Waals surface area contributed by atoms with Gasteiger partial charge in [0.25, 0.3) is 0 Å². The van der Waals surface area contributed by atoms with Crippen molar-refractivity contribution < 1.29 is 0 Å². The first-order chi connectivity index (χ1) is 7.93. The van der Waals surface area contributed by atoms with E-state index >= 15 is 0 Å². The molecule has 3 aromatic heterocycles. The van der Waals surface area contributed by atoms with Gasteiger partial charge in [-0.1, -0.05) is 0 Å². The van der Waals surface area contributed by atoms with Crippen molar-refractivity contribution in [3.63, 3.8) is 0 Å². The monoisotopic (exact) mass is 212 g/mol. The van der Waals surface area contributed by atoms with Gasteiger partial charge in [-0.3, -0.25) is 0 Å². The molecule has 0 aromatic carbocycles. The first-order valence-corrected chi connectivity index (χ1v) is 4.75. The number of hydrogen-bond acceptors (Lipinski definition) is 4. The third kappa shape index (κ3) is 1.46. The standard InChI is InChI=1S/C10H8N6/c1-3-13-15(5-1)9-7-10(12-8-11-9)16-6-2-4-14-16/h1-8H. The molecule has 0 aliphatic heterocycles. The van der Waals surface area contributed by atoms with Crippen LogP contribution in [0.4, 0.5) is 0 Å². The van der Waals surface area contributed by atoms with E-state index in [4.69, 9.17) is 0 Å². The van der Waals surface area contributed by atoms with E-state index in [9.17, 15) is 0 Å². The molecule has 0 N–H and O–H groups in total. The van der Waals surface area contributed by atoms with Crippen LogP contribution in [-0.2, 0) is 0 Å². The molecule has 0 bridgehead atoms. The average Bonchev–Trinajstić information content (AvgIpc) is 3.03. The summed E-state index contributed by atoms with van der Waals surface area (Å²) in [5.74, 6) is 1.43. The molecule has 0 aliphatic carbocycles. The zero-order valence-electron chi connectivity index (χ0n) is 8.30. The van der Waals surface area contributed by atoms with Gasteiger partial charge in [-0.25, -0.2) is 19.3 Å². The lowest BCUT2D eigenvalue weighted by Gasteiger charge is -2.03. The molecule has 0 fully saturated rings. The SMILES string of the molecule is c1cnn(-c2cc(-n3cccn3)ncn2)c1. The van der Waals surface area contributed by atoms with Crippen molar-refractivity contribution in [2.24, 2.45) is 0 Å². The number of nitrogens with zero attached hydrogens (tertiary/aromatic N) is 6. The van der Waals surface area contributed by atoms with Crippen LogP contribution in [0.5, 0.6) is 0 Å². The molecule has 0 radical (unpaired) electrons. The quantitative estimate of drug-likeness (QED) is 0.631. The van der Waals surface area contributed by atoms with Gasteiger partial charge in [0.1, 0.15) is 6.33 Å². The van der Waals surface area contributed by atoms with Crippen LogP contribution in [0, 0.1) is 0 Å². The summed E-state index contributed by atoms with van der Waals surface area (Å²) in [4.78, 5) is 8.28. The van der Waals surface area contributed by atoms with E-state index in [0.717, 1.165) is 0 Å². The molecule has 78 valence electrons. The Bertz CT molecular complexity index is 520. The van der Waals surface area contributed by atoms with Gasteiger partial charge in [-0.05, 0) is 12.1 Å². The Hall–Kier alpha value is -2.50. The molecule has 0 saturated heterocycles. The van der Waals surface area contributed by atoms with E-state index < -0.39 is 0 Å². The number of hydrogen-bond donors (Lipinski definition) is 0. The minimum Gasteiger partial charge on any atom is -0.222 e. The maximum absolute atomic E-state index is 4.14. The molecule has 6 heteroatoms. The molecule has 0 atom stereocenters. The second kappa shape index (κ2) is 3.58. The Morgan fingerprint density at radius 1 is 0.812 bits per heavy atom. The van der Waals surface area contributed by atoms with Crippen LogP contribution in [0.15, 0.2) is 49.3 Å². The van der Waals surface area contributed by atoms with Crippen LogP contribution in [-0.4, -0.2) is 29.5 Å². The van der Waals surface area contributed by atoms with Crippen molar-refractivity contribution in [2.45, 2.75) is 0 Å². The van der Waals surface area contributed by atoms with E-state index in [0.29, 0.717) is 11.6 Å². The first kappa shape index (κ1) is 8.78. The Kier molecular flexibility index (Phi) is 1.96. The van der Waals surface area contributed by atoms with Crippen LogP contribution in [0.3, 0.4) is 0 Å². The predicted molar refractivity (Wildman–Crippen MR) is 56.3 cm³/mol. The van der Waals surface area contributed by atoms with E-state index in [-0.39, 0.29) is 0 Å². The summed E-state index contributed by atoms with van der Waals surface area (Å²) in [5, 5.41) is 8.21. The van der Waals surface area contributed by atoms with Crippen molar-refractivity contribution in [2.75, 3.05) is 0 Å². The topological polar surface area (TPSA) is 61.4 Å². The fourth-order valence-corrected chi connectivity index (χ4v) is 1.40. The molecule has 3 heterocycles. The molecule has 0 saturated carbocycles. The Balaban J connectivity index is 2.07. The maximum Gasteiger partial charge on any atom is 0.158 e. The molecule has 3 rings (SSSR count). The molecule has 3 aromatic rings. The van der Waals surface area contributed by atoms with Gasteiger partial charge in [0.2, 0.25) is 0 Å². The lowest BCUT2D eigenvalue weighted by atomic mass is 10.5. The predicted octanol–water partition coefficient (Wildman–Crippen LogP) is 0.848. The zero-order valence-corrected chi connectivity index (χ0v) is 8.30. The van der Waals surface area contributed by atoms with Crippen molar-refractivity contribution in [1.82, 2.24) is 29.5 Å². The summed E-state index contributed by atoms with van der Waals surface area (Å²) < 4.78 is 3.35. The lowest BCUT2D eigenvalue weighted by molar-refractivity contribution is 0.803. The molecule has 6 nitrogen and oxygen atoms in total. The largest absolute Gasteiger partial charge is 0.222 e. The third-order valence-electron chi connectivity index (χ3n) is 2.12. The van der Waals surface area contributed by atoms with Gasteiger partial charge in [0.05, 0.1) is 0 Å². The highest BCUT2D eigenvalue weighted by Gasteiger charge is 2.02. The average molecular weight is 212 g/mol. The fraction of sp³-hybridized carbons (Fsp3) is 0. The number of rotatable bonds is 2. The van der Waals surface area contributed by atoms with Crippen LogP contribution >= 0.6 is 0 Å². The summed E-state index contributed by atoms with van der Waals surface area (Å²) in [6.07, 6.45) is 8.56. The highest BCUT2D eigenvalue weighted by atomic mass is 15.3. The molecule has 0 amide bonds. The minimum absolute atomic E-state index is 0.713. The molecule has 0 unspecified atom stereocenters. The number of aromatic nitrogens is 6. The lowest BCUT2D eigenvalue weighted by Crippen LogP contribution is -2.03. The third-order valence-corrected chi connectivity index (χ3v) is 2.12. The van der Waals surface area contributed by atoms with Crippen LogP contribution in [0.2, 0.25) is 0 Å². The molecule has 0 spiro atoms. The second-order valence-electron chi connectivity index (χ2n) is 3.14. The van der Waals surface area contributed by atoms with Gasteiger partial charge >= 0.3 is 0 Å².